The summed E-state index contributed by atoms with van der Waals surface area (Å²) in [5, 5.41) is 6.00. The van der Waals surface area contributed by atoms with Crippen molar-refractivity contribution < 1.29 is 14.3 Å². The topological polar surface area (TPSA) is 67.4 Å². The SMILES string of the molecule is CC(C)(C)OC=O.O=C1NCCNC1c1ccccc1. The quantitative estimate of drug-likeness (QED) is 0.803. The molecule has 2 rings (SSSR count). The Bertz CT molecular complexity index is 426. The highest BCUT2D eigenvalue weighted by molar-refractivity contribution is 5.83. The summed E-state index contributed by atoms with van der Waals surface area (Å²) in [6.45, 7) is 7.48. The molecule has 0 bridgehead atoms. The molecular formula is C15H22N2O3. The van der Waals surface area contributed by atoms with Gasteiger partial charge >= 0.3 is 0 Å². The molecule has 0 saturated carbocycles. The van der Waals surface area contributed by atoms with Crippen LogP contribution in [0.15, 0.2) is 30.3 Å². The normalized spacial score (nSPS) is 18.4. The largest absolute Gasteiger partial charge is 0.462 e. The van der Waals surface area contributed by atoms with E-state index in [1.54, 1.807) is 0 Å². The molecule has 1 aromatic rings. The van der Waals surface area contributed by atoms with E-state index in [1.807, 2.05) is 51.1 Å². The Hall–Kier alpha value is -1.88. The van der Waals surface area contributed by atoms with E-state index in [4.69, 9.17) is 0 Å². The van der Waals surface area contributed by atoms with Crippen LogP contribution in [0.3, 0.4) is 0 Å². The maximum absolute atomic E-state index is 11.4. The van der Waals surface area contributed by atoms with Crippen molar-refractivity contribution in [2.75, 3.05) is 13.1 Å². The molecule has 0 aliphatic carbocycles. The van der Waals surface area contributed by atoms with Gasteiger partial charge in [-0.05, 0) is 26.3 Å². The Morgan fingerprint density at radius 2 is 1.85 bits per heavy atom. The zero-order valence-corrected chi connectivity index (χ0v) is 12.2. The molecule has 1 fully saturated rings. The Morgan fingerprint density at radius 3 is 2.30 bits per heavy atom. The molecule has 1 saturated heterocycles. The van der Waals surface area contributed by atoms with Crippen LogP contribution >= 0.6 is 0 Å². The van der Waals surface area contributed by atoms with Gasteiger partial charge in [-0.1, -0.05) is 30.3 Å². The molecule has 0 aromatic heterocycles. The van der Waals surface area contributed by atoms with Crippen molar-refractivity contribution in [2.24, 2.45) is 0 Å². The third-order valence-corrected chi connectivity index (χ3v) is 2.57. The summed E-state index contributed by atoms with van der Waals surface area (Å²) in [4.78, 5) is 21.0. The summed E-state index contributed by atoms with van der Waals surface area (Å²) in [5.41, 5.74) is 0.710. The molecule has 1 aromatic carbocycles. The van der Waals surface area contributed by atoms with Crippen LogP contribution in [-0.4, -0.2) is 31.1 Å². The third kappa shape index (κ3) is 5.84. The van der Waals surface area contributed by atoms with Gasteiger partial charge in [0.25, 0.3) is 6.47 Å². The number of nitrogens with one attached hydrogen (secondary N) is 2. The van der Waals surface area contributed by atoms with Gasteiger partial charge in [0.15, 0.2) is 0 Å². The third-order valence-electron chi connectivity index (χ3n) is 2.57. The molecule has 1 heterocycles. The predicted octanol–water partition coefficient (Wildman–Crippen LogP) is 1.40. The van der Waals surface area contributed by atoms with Gasteiger partial charge in [-0.2, -0.15) is 0 Å². The number of ether oxygens (including phenoxy) is 1. The molecule has 0 radical (unpaired) electrons. The number of rotatable bonds is 2. The lowest BCUT2D eigenvalue weighted by Crippen LogP contribution is -2.47. The van der Waals surface area contributed by atoms with Crippen LogP contribution in [0.5, 0.6) is 0 Å². The van der Waals surface area contributed by atoms with Gasteiger partial charge in [0.1, 0.15) is 11.6 Å². The number of amides is 1. The van der Waals surface area contributed by atoms with E-state index in [2.05, 4.69) is 15.4 Å². The first-order valence-electron chi connectivity index (χ1n) is 6.61. The second-order valence-corrected chi connectivity index (χ2v) is 5.42. The van der Waals surface area contributed by atoms with E-state index >= 15 is 0 Å². The molecule has 1 atom stereocenters. The van der Waals surface area contributed by atoms with Gasteiger partial charge in [0, 0.05) is 13.1 Å². The summed E-state index contributed by atoms with van der Waals surface area (Å²) in [5.74, 6) is 0.0671. The average molecular weight is 278 g/mol. The highest BCUT2D eigenvalue weighted by atomic mass is 16.5. The van der Waals surface area contributed by atoms with Gasteiger partial charge in [-0.3, -0.25) is 9.59 Å². The van der Waals surface area contributed by atoms with Crippen LogP contribution < -0.4 is 10.6 Å². The number of benzene rings is 1. The molecular weight excluding hydrogens is 256 g/mol. The van der Waals surface area contributed by atoms with Gasteiger partial charge < -0.3 is 15.4 Å². The fourth-order valence-corrected chi connectivity index (χ4v) is 1.66. The minimum Gasteiger partial charge on any atom is -0.462 e. The monoisotopic (exact) mass is 278 g/mol. The molecule has 5 heteroatoms. The summed E-state index contributed by atoms with van der Waals surface area (Å²) < 4.78 is 4.55. The van der Waals surface area contributed by atoms with E-state index in [1.165, 1.54) is 0 Å². The first-order valence-corrected chi connectivity index (χ1v) is 6.61. The lowest BCUT2D eigenvalue weighted by Gasteiger charge is -2.23. The predicted molar refractivity (Wildman–Crippen MR) is 77.1 cm³/mol. The van der Waals surface area contributed by atoms with E-state index in [-0.39, 0.29) is 17.6 Å². The first kappa shape index (κ1) is 16.2. The van der Waals surface area contributed by atoms with Gasteiger partial charge in [-0.25, -0.2) is 0 Å². The zero-order chi connectivity index (χ0) is 15.0. The minimum absolute atomic E-state index is 0.0671. The number of carbonyl (C=O) groups excluding carboxylic acids is 2. The van der Waals surface area contributed by atoms with Crippen LogP contribution in [0.1, 0.15) is 32.4 Å². The second kappa shape index (κ2) is 7.65. The highest BCUT2D eigenvalue weighted by Crippen LogP contribution is 2.13. The van der Waals surface area contributed by atoms with Crippen molar-refractivity contribution in [3.05, 3.63) is 35.9 Å². The molecule has 1 unspecified atom stereocenters. The van der Waals surface area contributed by atoms with Crippen molar-refractivity contribution in [1.82, 2.24) is 10.6 Å². The van der Waals surface area contributed by atoms with E-state index in [0.717, 1.165) is 18.7 Å². The van der Waals surface area contributed by atoms with Gasteiger partial charge in [-0.15, -0.1) is 0 Å². The molecule has 1 aliphatic rings. The van der Waals surface area contributed by atoms with E-state index in [9.17, 15) is 9.59 Å². The fourth-order valence-electron chi connectivity index (χ4n) is 1.66. The second-order valence-electron chi connectivity index (χ2n) is 5.42. The molecule has 1 aliphatic heterocycles. The van der Waals surface area contributed by atoms with Crippen molar-refractivity contribution in [3.63, 3.8) is 0 Å². The summed E-state index contributed by atoms with van der Waals surface area (Å²) >= 11 is 0. The molecule has 110 valence electrons. The van der Waals surface area contributed by atoms with Crippen LogP contribution in [0.4, 0.5) is 0 Å². The van der Waals surface area contributed by atoms with Crippen LogP contribution in [-0.2, 0) is 14.3 Å². The Labute approximate surface area is 119 Å². The molecule has 20 heavy (non-hydrogen) atoms. The van der Waals surface area contributed by atoms with Crippen LogP contribution in [0.2, 0.25) is 0 Å². The number of hydrogen-bond donors (Lipinski definition) is 2. The van der Waals surface area contributed by atoms with E-state index < -0.39 is 0 Å². The standard InChI is InChI=1S/C10H12N2O.C5H10O2/c13-10-9(11-6-7-12-10)8-4-2-1-3-5-8;1-5(2,3)7-4-6/h1-5,9,11H,6-7H2,(H,12,13);4H,1-3H3. The Kier molecular flexibility index (Phi) is 6.18. The molecule has 0 spiro atoms. The number of piperazine rings is 1. The maximum Gasteiger partial charge on any atom is 0.293 e. The minimum atomic E-state index is -0.318. The maximum atomic E-state index is 11.4. The fraction of sp³-hybridized carbons (Fsp3) is 0.467. The highest BCUT2D eigenvalue weighted by Gasteiger charge is 2.22. The Morgan fingerprint density at radius 1 is 1.20 bits per heavy atom. The molecule has 1 amide bonds. The average Bonchev–Trinajstić information content (AvgIpc) is 2.40. The summed E-state index contributed by atoms with van der Waals surface area (Å²) in [6, 6.07) is 9.59. The number of carbonyl (C=O) groups is 2. The molecule has 5 nitrogen and oxygen atoms in total. The Balaban J connectivity index is 0.000000246. The number of hydrogen-bond acceptors (Lipinski definition) is 4. The van der Waals surface area contributed by atoms with Crippen LogP contribution in [0.25, 0.3) is 0 Å². The van der Waals surface area contributed by atoms with E-state index in [0.29, 0.717) is 6.47 Å². The zero-order valence-electron chi connectivity index (χ0n) is 12.2. The van der Waals surface area contributed by atoms with Crippen molar-refractivity contribution in [2.45, 2.75) is 32.4 Å². The first-order chi connectivity index (χ1) is 9.44. The van der Waals surface area contributed by atoms with Crippen molar-refractivity contribution >= 4 is 12.4 Å². The van der Waals surface area contributed by atoms with Crippen molar-refractivity contribution in [1.29, 1.82) is 0 Å². The van der Waals surface area contributed by atoms with Crippen molar-refractivity contribution in [3.8, 4) is 0 Å². The smallest absolute Gasteiger partial charge is 0.293 e. The molecule has 2 N–H and O–H groups in total. The summed E-state index contributed by atoms with van der Waals surface area (Å²) in [6.07, 6.45) is 0. The summed E-state index contributed by atoms with van der Waals surface area (Å²) in [7, 11) is 0. The lowest BCUT2D eigenvalue weighted by molar-refractivity contribution is -0.138. The lowest BCUT2D eigenvalue weighted by atomic mass is 10.1. The van der Waals surface area contributed by atoms with Crippen LogP contribution in [0, 0.1) is 0 Å². The van der Waals surface area contributed by atoms with Gasteiger partial charge in [0.05, 0.1) is 0 Å². The van der Waals surface area contributed by atoms with Gasteiger partial charge in [0.2, 0.25) is 5.91 Å².